The molecule has 1 aromatic rings. The highest BCUT2D eigenvalue weighted by Crippen LogP contribution is 2.72. The van der Waals surface area contributed by atoms with Crippen molar-refractivity contribution in [2.45, 2.75) is 90.3 Å². The predicted octanol–water partition coefficient (Wildman–Crippen LogP) is 5.41. The van der Waals surface area contributed by atoms with Crippen molar-refractivity contribution in [3.05, 3.63) is 38.4 Å². The Balaban J connectivity index is 1.42. The molecule has 4 N–H and O–H groups in total. The Morgan fingerprint density at radius 1 is 1.14 bits per heavy atom. The molecule has 4 aliphatic rings. The van der Waals surface area contributed by atoms with Crippen molar-refractivity contribution >= 4 is 29.2 Å². The van der Waals surface area contributed by atoms with Crippen LogP contribution < -0.4 is 5.32 Å². The number of aliphatic hydroxyl groups is 2. The van der Waals surface area contributed by atoms with Crippen molar-refractivity contribution in [1.29, 1.82) is 0 Å². The first-order valence-electron chi connectivity index (χ1n) is 15.5. The van der Waals surface area contributed by atoms with E-state index in [1.165, 1.54) is 12.1 Å². The molecule has 0 amide bonds. The first-order chi connectivity index (χ1) is 20.2. The van der Waals surface area contributed by atoms with E-state index in [0.29, 0.717) is 24.7 Å². The van der Waals surface area contributed by atoms with E-state index in [1.54, 1.807) is 6.21 Å². The van der Waals surface area contributed by atoms with E-state index in [0.717, 1.165) is 38.2 Å². The van der Waals surface area contributed by atoms with Gasteiger partial charge in [-0.1, -0.05) is 20.8 Å². The molecule has 0 bridgehead atoms. The van der Waals surface area contributed by atoms with Crippen LogP contribution in [0.25, 0.3) is 0 Å². The maximum absolute atomic E-state index is 12.5. The van der Waals surface area contributed by atoms with Gasteiger partial charge in [-0.2, -0.15) is 0 Å². The number of hydrogen-bond donors (Lipinski definition) is 4. The Morgan fingerprint density at radius 2 is 1.88 bits per heavy atom. The second-order valence-corrected chi connectivity index (χ2v) is 14.1. The molecule has 0 heterocycles. The van der Waals surface area contributed by atoms with Crippen molar-refractivity contribution in [3.8, 4) is 0 Å². The SMILES string of the molecule is C[C@H](CCC(=O)O)[C@H]1CCC2C3C(CC[C@@]21C)[C@@]1(C)CC[C@H](O)C[C@@]1(O)[C@@H]3C=NCNc1ccc([N+](=O)[O-])cc1[N+](=O)[O-]. The summed E-state index contributed by atoms with van der Waals surface area (Å²) in [6.45, 7) is 6.69. The van der Waals surface area contributed by atoms with Gasteiger partial charge in [0.05, 0.1) is 27.6 Å². The Hall–Kier alpha value is -3.12. The summed E-state index contributed by atoms with van der Waals surface area (Å²) in [5, 5.41) is 58.1. The number of nitro benzene ring substituents is 2. The summed E-state index contributed by atoms with van der Waals surface area (Å²) in [5.74, 6) is 0.324. The Kier molecular flexibility index (Phi) is 8.32. The van der Waals surface area contributed by atoms with Gasteiger partial charge in [-0.05, 0) is 86.0 Å². The summed E-state index contributed by atoms with van der Waals surface area (Å²) >= 11 is 0. The predicted molar refractivity (Wildman–Crippen MR) is 160 cm³/mol. The van der Waals surface area contributed by atoms with Gasteiger partial charge in [0.15, 0.2) is 0 Å². The van der Waals surface area contributed by atoms with Gasteiger partial charge in [0.2, 0.25) is 0 Å². The molecular formula is C31H44N4O8. The van der Waals surface area contributed by atoms with Gasteiger partial charge in [-0.15, -0.1) is 0 Å². The minimum absolute atomic E-state index is 0.0152. The van der Waals surface area contributed by atoms with Crippen molar-refractivity contribution in [3.63, 3.8) is 0 Å². The summed E-state index contributed by atoms with van der Waals surface area (Å²) in [7, 11) is 0. The zero-order valence-corrected chi connectivity index (χ0v) is 25.1. The fourth-order valence-electron chi connectivity index (χ4n) is 10.1. The van der Waals surface area contributed by atoms with Crippen molar-refractivity contribution in [2.24, 2.45) is 51.3 Å². The molecule has 0 saturated heterocycles. The summed E-state index contributed by atoms with van der Waals surface area (Å²) < 4.78 is 0. The number of carboxylic acid groups (broad SMARTS) is 1. The van der Waals surface area contributed by atoms with Gasteiger partial charge in [-0.3, -0.25) is 30.0 Å². The highest BCUT2D eigenvalue weighted by atomic mass is 16.6. The first-order valence-corrected chi connectivity index (χ1v) is 15.5. The number of anilines is 1. The molecule has 236 valence electrons. The fraction of sp³-hybridized carbons (Fsp3) is 0.742. The number of nitrogens with zero attached hydrogens (tertiary/aromatic N) is 3. The third-order valence-electron chi connectivity index (χ3n) is 12.2. The number of aliphatic imine (C=N–C) groups is 1. The summed E-state index contributed by atoms with van der Waals surface area (Å²) in [6, 6.07) is 3.42. The number of nitrogens with one attached hydrogen (secondary N) is 1. The van der Waals surface area contributed by atoms with Gasteiger partial charge in [0.25, 0.3) is 11.4 Å². The first kappa shape index (κ1) is 31.3. The highest BCUT2D eigenvalue weighted by molar-refractivity contribution is 5.68. The molecule has 12 heteroatoms. The molecule has 0 aromatic heterocycles. The van der Waals surface area contributed by atoms with E-state index in [-0.39, 0.29) is 65.4 Å². The molecule has 0 radical (unpaired) electrons. The van der Waals surface area contributed by atoms with Crippen LogP contribution in [0.15, 0.2) is 23.2 Å². The maximum Gasteiger partial charge on any atom is 0.303 e. The summed E-state index contributed by atoms with van der Waals surface area (Å²) in [4.78, 5) is 37.2. The lowest BCUT2D eigenvalue weighted by Crippen LogP contribution is -2.54. The Labute approximate surface area is 251 Å². The molecule has 12 nitrogen and oxygen atoms in total. The van der Waals surface area contributed by atoms with Gasteiger partial charge in [0, 0.05) is 36.5 Å². The Bertz CT molecular complexity index is 1310. The quantitative estimate of drug-likeness (QED) is 0.154. The molecule has 0 spiro atoms. The van der Waals surface area contributed by atoms with Crippen LogP contribution in [0, 0.1) is 66.6 Å². The van der Waals surface area contributed by atoms with Crippen LogP contribution in [0.4, 0.5) is 17.1 Å². The van der Waals surface area contributed by atoms with Crippen molar-refractivity contribution < 1.29 is 30.0 Å². The number of benzene rings is 1. The molecular weight excluding hydrogens is 556 g/mol. The summed E-state index contributed by atoms with van der Waals surface area (Å²) in [6.07, 6.45) is 7.69. The van der Waals surface area contributed by atoms with E-state index >= 15 is 0 Å². The second-order valence-electron chi connectivity index (χ2n) is 14.1. The zero-order chi connectivity index (χ0) is 31.3. The molecule has 4 fully saturated rings. The standard InChI is InChI=1S/C31H44N4O8/c1-18(4-9-27(37)38)21-6-7-22-28-23(11-12-29(21,22)2)30(3)13-10-20(36)15-31(30,39)24(28)16-32-17-33-25-8-5-19(34(40)41)14-26(25)35(42)43/h5,8,14,16,18,20-24,28,33,36,39H,4,6-7,9-13,15,17H2,1-3H3,(H,37,38)/t18-,20+,21-,22?,23?,24-,28?,29-,30-,31-/m1/s1. The number of hydrogen-bond acceptors (Lipinski definition) is 9. The van der Waals surface area contributed by atoms with Crippen LogP contribution in [0.5, 0.6) is 0 Å². The molecule has 4 aliphatic carbocycles. The van der Waals surface area contributed by atoms with Crippen molar-refractivity contribution in [2.75, 3.05) is 12.0 Å². The molecule has 10 atom stereocenters. The monoisotopic (exact) mass is 600 g/mol. The molecule has 43 heavy (non-hydrogen) atoms. The number of carboxylic acids is 1. The number of non-ortho nitro benzene ring substituents is 1. The minimum atomic E-state index is -1.15. The third kappa shape index (κ3) is 5.20. The molecule has 0 aliphatic heterocycles. The van der Waals surface area contributed by atoms with Crippen LogP contribution in [0.3, 0.4) is 0 Å². The number of fused-ring (bicyclic) bond motifs is 5. The van der Waals surface area contributed by atoms with Crippen molar-refractivity contribution in [1.82, 2.24) is 0 Å². The number of carbonyl (C=O) groups is 1. The van der Waals surface area contributed by atoms with Crippen LogP contribution in [0.1, 0.15) is 78.6 Å². The number of nitro groups is 2. The van der Waals surface area contributed by atoms with Gasteiger partial charge < -0.3 is 20.6 Å². The highest BCUT2D eigenvalue weighted by Gasteiger charge is 2.71. The maximum atomic E-state index is 12.5. The van der Waals surface area contributed by atoms with Crippen LogP contribution in [-0.4, -0.2) is 55.7 Å². The minimum Gasteiger partial charge on any atom is -0.481 e. The molecule has 3 unspecified atom stereocenters. The second kappa shape index (κ2) is 11.4. The van der Waals surface area contributed by atoms with Gasteiger partial charge in [-0.25, -0.2) is 0 Å². The lowest BCUT2D eigenvalue weighted by molar-refractivity contribution is -0.393. The smallest absolute Gasteiger partial charge is 0.303 e. The van der Waals surface area contributed by atoms with Crippen LogP contribution >= 0.6 is 0 Å². The van der Waals surface area contributed by atoms with E-state index < -0.39 is 33.2 Å². The molecule has 4 saturated carbocycles. The lowest BCUT2D eigenvalue weighted by atomic mass is 9.53. The summed E-state index contributed by atoms with van der Waals surface area (Å²) in [5.41, 5.74) is -2.19. The fourth-order valence-corrected chi connectivity index (χ4v) is 10.1. The van der Waals surface area contributed by atoms with E-state index in [9.17, 15) is 40.3 Å². The van der Waals surface area contributed by atoms with Crippen LogP contribution in [0.2, 0.25) is 0 Å². The largest absolute Gasteiger partial charge is 0.481 e. The average Bonchev–Trinajstić information content (AvgIpc) is 3.39. The number of aliphatic hydroxyl groups excluding tert-OH is 1. The van der Waals surface area contributed by atoms with E-state index in [1.807, 2.05) is 0 Å². The van der Waals surface area contributed by atoms with Gasteiger partial charge in [0.1, 0.15) is 12.4 Å². The normalized spacial score (nSPS) is 39.1. The number of rotatable bonds is 10. The zero-order valence-electron chi connectivity index (χ0n) is 25.1. The Morgan fingerprint density at radius 3 is 2.56 bits per heavy atom. The van der Waals surface area contributed by atoms with Gasteiger partial charge >= 0.3 is 5.97 Å². The average molecular weight is 601 g/mol. The molecule has 5 rings (SSSR count). The van der Waals surface area contributed by atoms with E-state index in [4.69, 9.17) is 0 Å². The molecule has 1 aromatic carbocycles. The topological polar surface area (TPSA) is 188 Å². The lowest BCUT2D eigenvalue weighted by Gasteiger charge is -2.52. The number of aliphatic carboxylic acids is 1. The third-order valence-corrected chi connectivity index (χ3v) is 12.2. The van der Waals surface area contributed by atoms with Crippen LogP contribution in [-0.2, 0) is 4.79 Å². The van der Waals surface area contributed by atoms with E-state index in [2.05, 4.69) is 31.1 Å².